The maximum atomic E-state index is 12.8. The first-order chi connectivity index (χ1) is 11.8. The Morgan fingerprint density at radius 3 is 2.42 bits per heavy atom. The second-order valence-electron chi connectivity index (χ2n) is 5.78. The van der Waals surface area contributed by atoms with E-state index >= 15 is 0 Å². The van der Waals surface area contributed by atoms with E-state index < -0.39 is 0 Å². The molecule has 2 heterocycles. The number of rotatable bonds is 5. The minimum Gasteiger partial charge on any atom is -0.244 e. The lowest BCUT2D eigenvalue weighted by atomic mass is 10.0. The molecule has 1 aromatic carbocycles. The summed E-state index contributed by atoms with van der Waals surface area (Å²) in [6.07, 6.45) is 6.96. The fourth-order valence-electron chi connectivity index (χ4n) is 2.96. The summed E-state index contributed by atoms with van der Waals surface area (Å²) in [6.45, 7) is 4.27. The van der Waals surface area contributed by atoms with E-state index in [4.69, 9.17) is 0 Å². The van der Waals surface area contributed by atoms with Crippen molar-refractivity contribution < 1.29 is 4.79 Å². The molecular formula is C19H22N4O. The van der Waals surface area contributed by atoms with Gasteiger partial charge in [-0.2, -0.15) is 19.6 Å². The highest BCUT2D eigenvalue weighted by molar-refractivity contribution is 5.80. The lowest BCUT2D eigenvalue weighted by Crippen LogP contribution is -2.23. The second kappa shape index (κ2) is 7.25. The fraction of sp³-hybridized carbons (Fsp3) is 0.316. The number of nitrogens with zero attached hydrogens (tertiary/aromatic N) is 4. The van der Waals surface area contributed by atoms with Crippen LogP contribution in [0.25, 0.3) is 11.3 Å². The Balaban J connectivity index is 2.16. The van der Waals surface area contributed by atoms with Gasteiger partial charge < -0.3 is 0 Å². The molecule has 0 atom stereocenters. The normalized spacial score (nSPS) is 10.9. The fourth-order valence-corrected chi connectivity index (χ4v) is 2.96. The van der Waals surface area contributed by atoms with Crippen LogP contribution in [-0.4, -0.2) is 25.6 Å². The Morgan fingerprint density at radius 2 is 1.79 bits per heavy atom. The van der Waals surface area contributed by atoms with Gasteiger partial charge in [-0.15, -0.1) is 0 Å². The lowest BCUT2D eigenvalue weighted by molar-refractivity contribution is 0.237. The average molecular weight is 322 g/mol. The van der Waals surface area contributed by atoms with E-state index in [0.29, 0.717) is 0 Å². The number of carbonyl (C=O) groups excluding carboxylic acids is 1. The first-order valence-electron chi connectivity index (χ1n) is 8.46. The molecule has 2 aromatic heterocycles. The molecule has 3 aromatic rings. The Labute approximate surface area is 141 Å². The van der Waals surface area contributed by atoms with Gasteiger partial charge >= 0.3 is 6.03 Å². The van der Waals surface area contributed by atoms with E-state index in [-0.39, 0.29) is 6.03 Å². The number of hydrogen-bond donors (Lipinski definition) is 0. The van der Waals surface area contributed by atoms with Crippen molar-refractivity contribution in [1.82, 2.24) is 19.6 Å². The van der Waals surface area contributed by atoms with Gasteiger partial charge in [0.05, 0.1) is 11.4 Å². The van der Waals surface area contributed by atoms with Crippen LogP contribution in [0.5, 0.6) is 0 Å². The molecule has 0 radical (unpaired) electrons. The molecule has 0 fully saturated rings. The van der Waals surface area contributed by atoms with Gasteiger partial charge in [0, 0.05) is 23.5 Å². The number of aromatic nitrogens is 4. The summed E-state index contributed by atoms with van der Waals surface area (Å²) >= 11 is 0. The van der Waals surface area contributed by atoms with Crippen molar-refractivity contribution in [2.75, 3.05) is 0 Å². The van der Waals surface area contributed by atoms with Crippen LogP contribution in [0.15, 0.2) is 48.8 Å². The zero-order valence-corrected chi connectivity index (χ0v) is 14.1. The third-order valence-corrected chi connectivity index (χ3v) is 4.01. The highest BCUT2D eigenvalue weighted by Crippen LogP contribution is 2.28. The van der Waals surface area contributed by atoms with Gasteiger partial charge in [-0.05, 0) is 18.9 Å². The van der Waals surface area contributed by atoms with Crippen molar-refractivity contribution in [3.8, 4) is 11.3 Å². The number of hydrogen-bond acceptors (Lipinski definition) is 3. The van der Waals surface area contributed by atoms with Crippen LogP contribution in [0.4, 0.5) is 4.79 Å². The van der Waals surface area contributed by atoms with Crippen LogP contribution in [0.2, 0.25) is 0 Å². The molecule has 5 heteroatoms. The second-order valence-corrected chi connectivity index (χ2v) is 5.78. The summed E-state index contributed by atoms with van der Waals surface area (Å²) in [5.74, 6) is 0. The Hall–Kier alpha value is -2.69. The highest BCUT2D eigenvalue weighted by Gasteiger charge is 2.22. The Kier molecular flexibility index (Phi) is 4.89. The molecule has 3 rings (SSSR count). The maximum absolute atomic E-state index is 12.8. The molecule has 0 N–H and O–H groups in total. The van der Waals surface area contributed by atoms with Gasteiger partial charge in [0.1, 0.15) is 0 Å². The van der Waals surface area contributed by atoms with E-state index in [0.717, 1.165) is 42.6 Å². The molecule has 124 valence electrons. The van der Waals surface area contributed by atoms with Gasteiger partial charge in [-0.1, -0.05) is 57.0 Å². The molecule has 0 saturated heterocycles. The van der Waals surface area contributed by atoms with Gasteiger partial charge in [0.2, 0.25) is 0 Å². The molecule has 0 aliphatic heterocycles. The van der Waals surface area contributed by atoms with Gasteiger partial charge in [-0.25, -0.2) is 4.79 Å². The quantitative estimate of drug-likeness (QED) is 0.708. The maximum Gasteiger partial charge on any atom is 0.369 e. The summed E-state index contributed by atoms with van der Waals surface area (Å²) in [5.41, 5.74) is 4.12. The Bertz CT molecular complexity index is 804. The van der Waals surface area contributed by atoms with Crippen molar-refractivity contribution in [2.45, 2.75) is 39.5 Å². The summed E-state index contributed by atoms with van der Waals surface area (Å²) in [7, 11) is 0. The highest BCUT2D eigenvalue weighted by atomic mass is 16.2. The topological polar surface area (TPSA) is 52.7 Å². The molecule has 0 amide bonds. The van der Waals surface area contributed by atoms with Gasteiger partial charge in [-0.3, -0.25) is 0 Å². The van der Waals surface area contributed by atoms with E-state index in [9.17, 15) is 4.79 Å². The minimum absolute atomic E-state index is 0.233. The first-order valence-corrected chi connectivity index (χ1v) is 8.46. The summed E-state index contributed by atoms with van der Waals surface area (Å²) in [6, 6.07) is 11.6. The number of carbonyl (C=O) groups is 1. The number of benzene rings is 1. The van der Waals surface area contributed by atoms with Crippen LogP contribution in [0, 0.1) is 0 Å². The summed E-state index contributed by atoms with van der Waals surface area (Å²) < 4.78 is 2.86. The van der Waals surface area contributed by atoms with Crippen molar-refractivity contribution >= 4 is 6.03 Å². The predicted octanol–water partition coefficient (Wildman–Crippen LogP) is 4.17. The molecule has 24 heavy (non-hydrogen) atoms. The average Bonchev–Trinajstić information content (AvgIpc) is 3.25. The zero-order chi connectivity index (χ0) is 16.9. The molecule has 0 aliphatic rings. The third-order valence-electron chi connectivity index (χ3n) is 4.01. The zero-order valence-electron chi connectivity index (χ0n) is 14.1. The molecule has 0 unspecified atom stereocenters. The van der Waals surface area contributed by atoms with Crippen LogP contribution in [0.3, 0.4) is 0 Å². The standard InChI is InChI=1S/C19H22N4O/c1-3-9-16-17(10-4-2)23(19(24)22-14-8-13-20-22)21-18(16)15-11-6-5-7-12-15/h5-8,11-14H,3-4,9-10H2,1-2H3. The third kappa shape index (κ3) is 3.02. The van der Waals surface area contributed by atoms with Gasteiger partial charge in [0.15, 0.2) is 0 Å². The molecule has 0 bridgehead atoms. The smallest absolute Gasteiger partial charge is 0.244 e. The van der Waals surface area contributed by atoms with E-state index in [1.807, 2.05) is 30.3 Å². The monoisotopic (exact) mass is 322 g/mol. The molecule has 0 aliphatic carbocycles. The molecule has 0 spiro atoms. The van der Waals surface area contributed by atoms with Crippen LogP contribution >= 0.6 is 0 Å². The molecule has 0 saturated carbocycles. The van der Waals surface area contributed by atoms with Crippen molar-refractivity contribution in [3.63, 3.8) is 0 Å². The van der Waals surface area contributed by atoms with Crippen LogP contribution in [-0.2, 0) is 12.8 Å². The van der Waals surface area contributed by atoms with E-state index in [1.54, 1.807) is 18.5 Å². The summed E-state index contributed by atoms with van der Waals surface area (Å²) in [4.78, 5) is 12.8. The summed E-state index contributed by atoms with van der Waals surface area (Å²) in [5, 5.41) is 8.74. The van der Waals surface area contributed by atoms with Gasteiger partial charge in [0.25, 0.3) is 0 Å². The van der Waals surface area contributed by atoms with Crippen molar-refractivity contribution in [3.05, 3.63) is 60.0 Å². The van der Waals surface area contributed by atoms with Crippen LogP contribution < -0.4 is 0 Å². The predicted molar refractivity (Wildman–Crippen MR) is 94.1 cm³/mol. The van der Waals surface area contributed by atoms with E-state index in [1.165, 1.54) is 14.9 Å². The first kappa shape index (κ1) is 16.2. The minimum atomic E-state index is -0.233. The largest absolute Gasteiger partial charge is 0.369 e. The van der Waals surface area contributed by atoms with Crippen molar-refractivity contribution in [1.29, 1.82) is 0 Å². The van der Waals surface area contributed by atoms with Crippen molar-refractivity contribution in [2.24, 2.45) is 0 Å². The Morgan fingerprint density at radius 1 is 1.04 bits per heavy atom. The SMILES string of the molecule is CCCc1c(-c2ccccc2)nn(C(=O)n2cccn2)c1CCC. The van der Waals surface area contributed by atoms with Crippen LogP contribution in [0.1, 0.15) is 37.9 Å². The molecule has 5 nitrogen and oxygen atoms in total. The lowest BCUT2D eigenvalue weighted by Gasteiger charge is -2.07. The molecular weight excluding hydrogens is 300 g/mol. The van der Waals surface area contributed by atoms with E-state index in [2.05, 4.69) is 24.0 Å².